The van der Waals surface area contributed by atoms with Crippen molar-refractivity contribution in [1.29, 1.82) is 0 Å². The molecule has 0 spiro atoms. The van der Waals surface area contributed by atoms with Crippen LogP contribution in [0.2, 0.25) is 0 Å². The van der Waals surface area contributed by atoms with E-state index in [0.29, 0.717) is 0 Å². The van der Waals surface area contributed by atoms with Gasteiger partial charge in [-0.25, -0.2) is 4.39 Å². The van der Waals surface area contributed by atoms with Crippen molar-refractivity contribution in [1.82, 2.24) is 5.32 Å². The first-order chi connectivity index (χ1) is 9.22. The molecule has 0 saturated carbocycles. The number of aliphatic hydroxyl groups is 1. The van der Waals surface area contributed by atoms with Crippen LogP contribution in [0.5, 0.6) is 0 Å². The summed E-state index contributed by atoms with van der Waals surface area (Å²) in [4.78, 5) is 11.9. The highest BCUT2D eigenvalue weighted by molar-refractivity contribution is 5.94. The number of aliphatic hydroxyl groups excluding tert-OH is 1. The van der Waals surface area contributed by atoms with Crippen molar-refractivity contribution in [3.05, 3.63) is 71.5 Å². The molecule has 0 aliphatic heterocycles. The predicted molar refractivity (Wildman–Crippen MR) is 70.1 cm³/mol. The Hall–Kier alpha value is -2.20. The van der Waals surface area contributed by atoms with Gasteiger partial charge in [0.25, 0.3) is 5.91 Å². The Morgan fingerprint density at radius 1 is 1.11 bits per heavy atom. The van der Waals surface area contributed by atoms with Crippen LogP contribution in [0.4, 0.5) is 4.39 Å². The molecule has 98 valence electrons. The number of halogens is 1. The molecule has 1 atom stereocenters. The summed E-state index contributed by atoms with van der Waals surface area (Å²) in [6.45, 7) is -0.246. The van der Waals surface area contributed by atoms with Crippen molar-refractivity contribution in [2.24, 2.45) is 0 Å². The Morgan fingerprint density at radius 3 is 2.37 bits per heavy atom. The lowest BCUT2D eigenvalue weighted by molar-refractivity contribution is 0.0912. The lowest BCUT2D eigenvalue weighted by atomic mass is 10.1. The predicted octanol–water partition coefficient (Wildman–Crippen LogP) is 2.29. The maximum absolute atomic E-state index is 13.5. The summed E-state index contributed by atoms with van der Waals surface area (Å²) in [5.74, 6) is -1.12. The summed E-state index contributed by atoms with van der Waals surface area (Å²) in [7, 11) is 0. The standard InChI is InChI=1S/C15H14FNO2/c16-13-9-5-4-8-12(13)15(19)17-14(10-18)11-6-2-1-3-7-11/h1-9,14,18H,10H2,(H,17,19)/t14-/m1/s1. The van der Waals surface area contributed by atoms with Crippen LogP contribution in [0.15, 0.2) is 54.6 Å². The number of carbonyl (C=O) groups excluding carboxylic acids is 1. The van der Waals surface area contributed by atoms with Crippen molar-refractivity contribution in [3.8, 4) is 0 Å². The van der Waals surface area contributed by atoms with Gasteiger partial charge in [0.1, 0.15) is 5.82 Å². The van der Waals surface area contributed by atoms with Crippen LogP contribution in [-0.4, -0.2) is 17.6 Å². The van der Waals surface area contributed by atoms with Gasteiger partial charge in [-0.1, -0.05) is 42.5 Å². The normalized spacial score (nSPS) is 11.9. The molecule has 0 bridgehead atoms. The molecule has 0 radical (unpaired) electrons. The monoisotopic (exact) mass is 259 g/mol. The Kier molecular flexibility index (Phi) is 4.26. The van der Waals surface area contributed by atoms with Gasteiger partial charge in [-0.15, -0.1) is 0 Å². The van der Waals surface area contributed by atoms with E-state index in [-0.39, 0.29) is 12.2 Å². The molecule has 2 rings (SSSR count). The topological polar surface area (TPSA) is 49.3 Å². The van der Waals surface area contributed by atoms with Gasteiger partial charge in [-0.3, -0.25) is 4.79 Å². The Morgan fingerprint density at radius 2 is 1.74 bits per heavy atom. The zero-order chi connectivity index (χ0) is 13.7. The average molecular weight is 259 g/mol. The van der Waals surface area contributed by atoms with Crippen molar-refractivity contribution in [3.63, 3.8) is 0 Å². The minimum absolute atomic E-state index is 0.0307. The zero-order valence-corrected chi connectivity index (χ0v) is 10.2. The number of nitrogens with one attached hydrogen (secondary N) is 1. The number of amides is 1. The average Bonchev–Trinajstić information content (AvgIpc) is 2.46. The van der Waals surface area contributed by atoms with E-state index in [0.717, 1.165) is 5.56 Å². The third-order valence-electron chi connectivity index (χ3n) is 2.81. The van der Waals surface area contributed by atoms with Crippen LogP contribution < -0.4 is 5.32 Å². The molecule has 0 aliphatic carbocycles. The number of hydrogen-bond acceptors (Lipinski definition) is 2. The third kappa shape index (κ3) is 3.17. The lowest BCUT2D eigenvalue weighted by Crippen LogP contribution is -2.31. The minimum Gasteiger partial charge on any atom is -0.394 e. The van der Waals surface area contributed by atoms with E-state index in [2.05, 4.69) is 5.32 Å². The second kappa shape index (κ2) is 6.11. The summed E-state index contributed by atoms with van der Waals surface area (Å²) < 4.78 is 13.5. The molecule has 2 aromatic rings. The molecule has 0 fully saturated rings. The molecule has 0 saturated heterocycles. The summed E-state index contributed by atoms with van der Waals surface area (Å²) in [5.41, 5.74) is 0.742. The van der Waals surface area contributed by atoms with Crippen LogP contribution in [0, 0.1) is 5.82 Å². The summed E-state index contributed by atoms with van der Waals surface area (Å²) >= 11 is 0. The number of hydrogen-bond donors (Lipinski definition) is 2. The minimum atomic E-state index is -0.579. The first-order valence-electron chi connectivity index (χ1n) is 5.93. The molecule has 0 heterocycles. The van der Waals surface area contributed by atoms with E-state index in [1.807, 2.05) is 18.2 Å². The highest BCUT2D eigenvalue weighted by Crippen LogP contribution is 2.14. The highest BCUT2D eigenvalue weighted by Gasteiger charge is 2.16. The molecule has 0 aromatic heterocycles. The second-order valence-electron chi connectivity index (χ2n) is 4.10. The molecule has 2 aromatic carbocycles. The SMILES string of the molecule is O=C(N[C@H](CO)c1ccccc1)c1ccccc1F. The number of benzene rings is 2. The van der Waals surface area contributed by atoms with Crippen LogP contribution in [0.1, 0.15) is 22.0 Å². The second-order valence-corrected chi connectivity index (χ2v) is 4.10. The quantitative estimate of drug-likeness (QED) is 0.885. The lowest BCUT2D eigenvalue weighted by Gasteiger charge is -2.16. The van der Waals surface area contributed by atoms with Gasteiger partial charge in [-0.2, -0.15) is 0 Å². The van der Waals surface area contributed by atoms with E-state index in [4.69, 9.17) is 0 Å². The van der Waals surface area contributed by atoms with Gasteiger partial charge in [0, 0.05) is 0 Å². The molecular weight excluding hydrogens is 245 g/mol. The van der Waals surface area contributed by atoms with Crippen LogP contribution in [0.25, 0.3) is 0 Å². The molecule has 2 N–H and O–H groups in total. The highest BCUT2D eigenvalue weighted by atomic mass is 19.1. The van der Waals surface area contributed by atoms with Gasteiger partial charge >= 0.3 is 0 Å². The number of rotatable bonds is 4. The maximum atomic E-state index is 13.5. The molecule has 4 heteroatoms. The molecule has 3 nitrogen and oxygen atoms in total. The van der Waals surface area contributed by atoms with Gasteiger partial charge in [-0.05, 0) is 17.7 Å². The molecule has 0 unspecified atom stereocenters. The molecule has 19 heavy (non-hydrogen) atoms. The van der Waals surface area contributed by atoms with Gasteiger partial charge < -0.3 is 10.4 Å². The first-order valence-corrected chi connectivity index (χ1v) is 5.93. The van der Waals surface area contributed by atoms with Crippen molar-refractivity contribution in [2.75, 3.05) is 6.61 Å². The van der Waals surface area contributed by atoms with Crippen LogP contribution in [-0.2, 0) is 0 Å². The summed E-state index contributed by atoms with van der Waals surface area (Å²) in [5, 5.41) is 11.9. The fourth-order valence-corrected chi connectivity index (χ4v) is 1.80. The van der Waals surface area contributed by atoms with E-state index >= 15 is 0 Å². The molecule has 1 amide bonds. The molecular formula is C15H14FNO2. The Labute approximate surface area is 110 Å². The van der Waals surface area contributed by atoms with Crippen LogP contribution in [0.3, 0.4) is 0 Å². The fraction of sp³-hybridized carbons (Fsp3) is 0.133. The molecule has 0 aliphatic rings. The van der Waals surface area contributed by atoms with Crippen LogP contribution >= 0.6 is 0 Å². The van der Waals surface area contributed by atoms with Crippen molar-refractivity contribution < 1.29 is 14.3 Å². The fourth-order valence-electron chi connectivity index (χ4n) is 1.80. The van der Waals surface area contributed by atoms with E-state index < -0.39 is 17.8 Å². The largest absolute Gasteiger partial charge is 0.394 e. The van der Waals surface area contributed by atoms with Gasteiger partial charge in [0.15, 0.2) is 0 Å². The summed E-state index contributed by atoms with van der Waals surface area (Å²) in [6.07, 6.45) is 0. The maximum Gasteiger partial charge on any atom is 0.254 e. The summed E-state index contributed by atoms with van der Waals surface area (Å²) in [6, 6.07) is 14.3. The zero-order valence-electron chi connectivity index (χ0n) is 10.2. The van der Waals surface area contributed by atoms with Crippen molar-refractivity contribution in [2.45, 2.75) is 6.04 Å². The van der Waals surface area contributed by atoms with E-state index in [9.17, 15) is 14.3 Å². The Balaban J connectivity index is 2.16. The number of carbonyl (C=O) groups is 1. The Bertz CT molecular complexity index is 557. The van der Waals surface area contributed by atoms with E-state index in [1.54, 1.807) is 18.2 Å². The van der Waals surface area contributed by atoms with E-state index in [1.165, 1.54) is 18.2 Å². The van der Waals surface area contributed by atoms with Crippen molar-refractivity contribution >= 4 is 5.91 Å². The van der Waals surface area contributed by atoms with Gasteiger partial charge in [0.05, 0.1) is 18.2 Å². The third-order valence-corrected chi connectivity index (χ3v) is 2.81. The smallest absolute Gasteiger partial charge is 0.254 e. The first kappa shape index (κ1) is 13.2. The van der Waals surface area contributed by atoms with Gasteiger partial charge in [0.2, 0.25) is 0 Å².